The van der Waals surface area contributed by atoms with Gasteiger partial charge in [-0.05, 0) is 44.4 Å². The van der Waals surface area contributed by atoms with E-state index in [0.29, 0.717) is 19.3 Å². The molecule has 1 unspecified atom stereocenters. The number of phosphoric acid groups is 1. The van der Waals surface area contributed by atoms with Crippen molar-refractivity contribution in [3.8, 4) is 0 Å². The highest BCUT2D eigenvalue weighted by atomic mass is 31.2. The molecule has 62 heavy (non-hydrogen) atoms. The third-order valence-electron chi connectivity index (χ3n) is 10.5. The van der Waals surface area contributed by atoms with Gasteiger partial charge in [0.1, 0.15) is 12.7 Å². The molecular formula is C50H91O11P. The van der Waals surface area contributed by atoms with Crippen LogP contribution in [0.25, 0.3) is 0 Å². The van der Waals surface area contributed by atoms with Gasteiger partial charge in [0.15, 0.2) is 6.10 Å². The number of ether oxygens (including phenoxy) is 2. The number of unbranched alkanes of at least 4 members (excludes halogenated alkanes) is 20. The largest absolute Gasteiger partial charge is 0.472 e. The Kier molecular flexibility index (Phi) is 42.6. The van der Waals surface area contributed by atoms with Crippen LogP contribution in [-0.2, 0) is 32.7 Å². The summed E-state index contributed by atoms with van der Waals surface area (Å²) in [6.45, 7) is 4.56. The summed E-state index contributed by atoms with van der Waals surface area (Å²) in [5, 5.41) is 28.3. The van der Waals surface area contributed by atoms with E-state index in [1.54, 1.807) is 0 Å². The van der Waals surface area contributed by atoms with Crippen molar-refractivity contribution < 1.29 is 52.9 Å². The number of phosphoric ester groups is 1. The molecule has 12 heteroatoms. The lowest BCUT2D eigenvalue weighted by atomic mass is 10.0. The smallest absolute Gasteiger partial charge is 0.462 e. The van der Waals surface area contributed by atoms with Crippen LogP contribution < -0.4 is 0 Å². The van der Waals surface area contributed by atoms with E-state index in [0.717, 1.165) is 63.7 Å². The summed E-state index contributed by atoms with van der Waals surface area (Å²) in [7, 11) is -4.64. The van der Waals surface area contributed by atoms with Gasteiger partial charge in [-0.15, -0.1) is 0 Å². The molecule has 0 aliphatic rings. The van der Waals surface area contributed by atoms with Crippen LogP contribution in [0.2, 0.25) is 0 Å². The number of aliphatic hydroxyl groups excluding tert-OH is 3. The highest BCUT2D eigenvalue weighted by molar-refractivity contribution is 7.47. The molecule has 0 radical (unpaired) electrons. The lowest BCUT2D eigenvalue weighted by Gasteiger charge is -2.20. The van der Waals surface area contributed by atoms with Crippen molar-refractivity contribution in [2.24, 2.45) is 5.92 Å². The van der Waals surface area contributed by atoms with Crippen LogP contribution >= 0.6 is 7.82 Å². The minimum absolute atomic E-state index is 0.146. The number of carbonyl (C=O) groups excluding carboxylic acids is 2. The predicted octanol–water partition coefficient (Wildman–Crippen LogP) is 12.5. The Morgan fingerprint density at radius 3 is 1.65 bits per heavy atom. The average Bonchev–Trinajstić information content (AvgIpc) is 3.24. The Morgan fingerprint density at radius 1 is 0.581 bits per heavy atom. The number of aliphatic hydroxyl groups is 3. The van der Waals surface area contributed by atoms with E-state index >= 15 is 0 Å². The van der Waals surface area contributed by atoms with Gasteiger partial charge in [0.05, 0.1) is 25.9 Å². The fourth-order valence-electron chi connectivity index (χ4n) is 6.69. The SMILES string of the molecule is CCCCC[C@@H](O)/C=C/C=C\C/C=C\C/C=C\CCCC(=O)OC[C@H](COP(=O)(O)OC[C@@H](O)CO)OC(=O)CCCCCCCCCCCCCCCCCCCCC(C)C. The second kappa shape index (κ2) is 44.1. The normalized spacial score (nSPS) is 14.7. The first-order valence-corrected chi connectivity index (χ1v) is 26.1. The molecule has 0 aliphatic heterocycles. The second-order valence-corrected chi connectivity index (χ2v) is 18.6. The van der Waals surface area contributed by atoms with Crippen molar-refractivity contribution in [3.63, 3.8) is 0 Å². The van der Waals surface area contributed by atoms with E-state index in [2.05, 4.69) is 32.9 Å². The van der Waals surface area contributed by atoms with E-state index in [-0.39, 0.29) is 25.6 Å². The molecule has 0 aliphatic carbocycles. The summed E-state index contributed by atoms with van der Waals surface area (Å²) in [6.07, 6.45) is 44.1. The Hall–Kier alpha value is -2.11. The van der Waals surface area contributed by atoms with E-state index in [1.807, 2.05) is 36.5 Å². The number of allylic oxidation sites excluding steroid dienone is 7. The summed E-state index contributed by atoms with van der Waals surface area (Å²) in [4.78, 5) is 35.1. The molecule has 0 aromatic rings. The van der Waals surface area contributed by atoms with E-state index in [1.165, 1.54) is 96.3 Å². The van der Waals surface area contributed by atoms with Crippen molar-refractivity contribution in [2.45, 2.75) is 225 Å². The highest BCUT2D eigenvalue weighted by Crippen LogP contribution is 2.43. The summed E-state index contributed by atoms with van der Waals surface area (Å²) in [6, 6.07) is 0. The maximum absolute atomic E-state index is 12.7. The zero-order chi connectivity index (χ0) is 45.8. The van der Waals surface area contributed by atoms with Crippen molar-refractivity contribution in [3.05, 3.63) is 48.6 Å². The van der Waals surface area contributed by atoms with Crippen molar-refractivity contribution >= 4 is 19.8 Å². The fraction of sp³-hybridized carbons (Fsp3) is 0.800. The van der Waals surface area contributed by atoms with Crippen LogP contribution in [0.15, 0.2) is 48.6 Å². The molecule has 0 aromatic heterocycles. The molecule has 0 rings (SSSR count). The monoisotopic (exact) mass is 899 g/mol. The number of rotatable bonds is 45. The molecule has 0 saturated carbocycles. The molecule has 0 bridgehead atoms. The Bertz CT molecular complexity index is 1200. The third kappa shape index (κ3) is 44.5. The van der Waals surface area contributed by atoms with Gasteiger partial charge in [-0.3, -0.25) is 18.6 Å². The van der Waals surface area contributed by atoms with Crippen LogP contribution in [0, 0.1) is 5.92 Å². The van der Waals surface area contributed by atoms with Gasteiger partial charge in [0, 0.05) is 12.8 Å². The lowest BCUT2D eigenvalue weighted by Crippen LogP contribution is -2.29. The van der Waals surface area contributed by atoms with Crippen LogP contribution in [0.4, 0.5) is 0 Å². The third-order valence-corrected chi connectivity index (χ3v) is 11.5. The Morgan fingerprint density at radius 2 is 1.08 bits per heavy atom. The maximum atomic E-state index is 12.7. The number of carbonyl (C=O) groups is 2. The first-order chi connectivity index (χ1) is 30.0. The van der Waals surface area contributed by atoms with Gasteiger partial charge >= 0.3 is 19.8 Å². The molecule has 362 valence electrons. The number of hydrogen-bond acceptors (Lipinski definition) is 10. The first kappa shape index (κ1) is 59.9. The van der Waals surface area contributed by atoms with Gasteiger partial charge < -0.3 is 29.7 Å². The second-order valence-electron chi connectivity index (χ2n) is 17.2. The molecular weight excluding hydrogens is 808 g/mol. The van der Waals surface area contributed by atoms with Gasteiger partial charge in [-0.1, -0.05) is 204 Å². The number of hydrogen-bond donors (Lipinski definition) is 4. The van der Waals surface area contributed by atoms with E-state index in [9.17, 15) is 29.3 Å². The van der Waals surface area contributed by atoms with Gasteiger partial charge in [0.25, 0.3) is 0 Å². The summed E-state index contributed by atoms with van der Waals surface area (Å²) >= 11 is 0. The zero-order valence-corrected chi connectivity index (χ0v) is 40.3. The van der Waals surface area contributed by atoms with Crippen LogP contribution in [-0.4, -0.2) is 76.9 Å². The maximum Gasteiger partial charge on any atom is 0.472 e. The highest BCUT2D eigenvalue weighted by Gasteiger charge is 2.27. The van der Waals surface area contributed by atoms with Crippen molar-refractivity contribution in [1.29, 1.82) is 0 Å². The molecule has 0 fully saturated rings. The summed E-state index contributed by atoms with van der Waals surface area (Å²) < 4.78 is 32.7. The Balaban J connectivity index is 4.30. The first-order valence-electron chi connectivity index (χ1n) is 24.6. The van der Waals surface area contributed by atoms with Crippen molar-refractivity contribution in [2.75, 3.05) is 26.4 Å². The lowest BCUT2D eigenvalue weighted by molar-refractivity contribution is -0.161. The molecule has 4 atom stereocenters. The average molecular weight is 899 g/mol. The topological polar surface area (TPSA) is 169 Å². The molecule has 4 N–H and O–H groups in total. The van der Waals surface area contributed by atoms with E-state index < -0.39 is 51.8 Å². The van der Waals surface area contributed by atoms with Crippen molar-refractivity contribution in [1.82, 2.24) is 0 Å². The molecule has 0 heterocycles. The minimum atomic E-state index is -4.64. The molecule has 0 saturated heterocycles. The minimum Gasteiger partial charge on any atom is -0.462 e. The standard InChI is InChI=1S/C50H91O11P/c1-4-5-31-37-46(52)38-33-28-24-20-16-14-18-21-25-29-34-39-49(54)58-43-48(44-60-62(56,57)59-42-47(53)41-51)61-50(55)40-35-30-26-22-17-13-11-9-7-6-8-10-12-15-19-23-27-32-36-45(2)3/h14,16,21,24-25,28,33,38,45-48,51-53H,4-13,15,17-20,22-23,26-27,29-32,34-37,39-44H2,1-3H3,(H,56,57)/b16-14-,25-21-,28-24-,38-33+/t46-,47+,48-/m1/s1. The van der Waals surface area contributed by atoms with Gasteiger partial charge in [-0.2, -0.15) is 0 Å². The van der Waals surface area contributed by atoms with Crippen LogP contribution in [0.5, 0.6) is 0 Å². The van der Waals surface area contributed by atoms with E-state index in [4.69, 9.17) is 23.6 Å². The quantitative estimate of drug-likeness (QED) is 0.0151. The molecule has 0 aromatic carbocycles. The molecule has 0 amide bonds. The predicted molar refractivity (Wildman–Crippen MR) is 253 cm³/mol. The summed E-state index contributed by atoms with van der Waals surface area (Å²) in [5.74, 6) is -0.174. The van der Waals surface area contributed by atoms with Gasteiger partial charge in [-0.25, -0.2) is 4.57 Å². The fourth-order valence-corrected chi connectivity index (χ4v) is 7.48. The number of esters is 2. The van der Waals surface area contributed by atoms with Crippen LogP contribution in [0.3, 0.4) is 0 Å². The molecule has 11 nitrogen and oxygen atoms in total. The molecule has 0 spiro atoms. The van der Waals surface area contributed by atoms with Gasteiger partial charge in [0.2, 0.25) is 0 Å². The van der Waals surface area contributed by atoms with Crippen LogP contribution in [0.1, 0.15) is 207 Å². The zero-order valence-electron chi connectivity index (χ0n) is 39.4. The Labute approximate surface area is 377 Å². The summed E-state index contributed by atoms with van der Waals surface area (Å²) in [5.41, 5.74) is 0.